The van der Waals surface area contributed by atoms with Crippen LogP contribution in [0.4, 0.5) is 26.2 Å². The molecule has 2 aliphatic heterocycles. The number of benzene rings is 1. The Morgan fingerprint density at radius 2 is 1.81 bits per heavy atom. The molecule has 2 saturated heterocycles. The molecule has 0 spiro atoms. The van der Waals surface area contributed by atoms with Crippen molar-refractivity contribution < 1.29 is 13.6 Å². The molecule has 5 rings (SSSR count). The third-order valence-electron chi connectivity index (χ3n) is 8.27. The molecular weight excluding hydrogens is 570 g/mol. The Morgan fingerprint density at radius 1 is 1.12 bits per heavy atom. The van der Waals surface area contributed by atoms with Gasteiger partial charge in [0.2, 0.25) is 11.9 Å². The van der Waals surface area contributed by atoms with E-state index in [9.17, 15) is 23.2 Å². The minimum absolute atomic E-state index is 0.0206. The summed E-state index contributed by atoms with van der Waals surface area (Å²) < 4.78 is 31.7. The fourth-order valence-electron chi connectivity index (χ4n) is 5.81. The van der Waals surface area contributed by atoms with Gasteiger partial charge in [0.05, 0.1) is 17.2 Å². The number of aryl methyl sites for hydroxylation is 1. The number of halogens is 3. The number of amides is 1. The summed E-state index contributed by atoms with van der Waals surface area (Å²) in [6.45, 7) is 4.72. The van der Waals surface area contributed by atoms with E-state index in [0.717, 1.165) is 13.1 Å². The molecule has 4 heterocycles. The molecule has 1 aromatic carbocycles. The van der Waals surface area contributed by atoms with Crippen molar-refractivity contribution in [3.05, 3.63) is 50.1 Å². The second kappa shape index (κ2) is 12.0. The number of fused-ring (bicyclic) bond motifs is 1. The predicted octanol–water partition coefficient (Wildman–Crippen LogP) is 3.14. The number of aromatic nitrogens is 4. The van der Waals surface area contributed by atoms with Gasteiger partial charge in [-0.25, -0.2) is 13.8 Å². The van der Waals surface area contributed by atoms with E-state index in [0.29, 0.717) is 29.6 Å². The fourth-order valence-corrected chi connectivity index (χ4v) is 5.95. The van der Waals surface area contributed by atoms with Crippen LogP contribution in [0.5, 0.6) is 0 Å². The molecule has 0 saturated carbocycles. The van der Waals surface area contributed by atoms with E-state index in [4.69, 9.17) is 11.6 Å². The van der Waals surface area contributed by atoms with Crippen molar-refractivity contribution in [2.75, 3.05) is 43.4 Å². The Labute approximate surface area is 246 Å². The maximum atomic E-state index is 14.4. The van der Waals surface area contributed by atoms with Crippen LogP contribution in [0.1, 0.15) is 39.2 Å². The average Bonchev–Trinajstić information content (AvgIpc) is 2.98. The van der Waals surface area contributed by atoms with Crippen LogP contribution in [0, 0.1) is 11.8 Å². The smallest absolute Gasteiger partial charge is 0.317 e. The van der Waals surface area contributed by atoms with Crippen LogP contribution < -0.4 is 32.0 Å². The summed E-state index contributed by atoms with van der Waals surface area (Å²) in [5.74, 6) is -4.24. The Balaban J connectivity index is 1.53. The Hall–Kier alpha value is -3.58. The number of nitrogens with zero attached hydrogens (tertiary/aromatic N) is 5. The average molecular weight is 605 g/mol. The number of hydrogen-bond donors (Lipinski definition) is 3. The fraction of sp³-hybridized carbons (Fsp3) is 0.536. The van der Waals surface area contributed by atoms with Gasteiger partial charge in [-0.3, -0.25) is 19.0 Å². The van der Waals surface area contributed by atoms with Gasteiger partial charge in [0.1, 0.15) is 5.02 Å². The summed E-state index contributed by atoms with van der Waals surface area (Å²) in [4.78, 5) is 49.2. The minimum Gasteiger partial charge on any atom is -0.359 e. The van der Waals surface area contributed by atoms with Crippen molar-refractivity contribution in [3.63, 3.8) is 0 Å². The maximum Gasteiger partial charge on any atom is 0.317 e. The molecule has 2 aliphatic rings. The molecule has 0 bridgehead atoms. The number of carbonyl (C=O) groups excluding carboxylic acids is 1. The molecule has 226 valence electrons. The minimum atomic E-state index is -2.78. The van der Waals surface area contributed by atoms with Gasteiger partial charge in [0.25, 0.3) is 5.92 Å². The summed E-state index contributed by atoms with van der Waals surface area (Å²) in [5.41, 5.74) is 0.282. The van der Waals surface area contributed by atoms with E-state index < -0.39 is 28.9 Å². The van der Waals surface area contributed by atoms with E-state index >= 15 is 0 Å². The highest BCUT2D eigenvalue weighted by Gasteiger charge is 2.47. The van der Waals surface area contributed by atoms with Crippen molar-refractivity contribution in [3.8, 4) is 0 Å². The molecule has 1 amide bonds. The number of piperidine rings is 2. The van der Waals surface area contributed by atoms with Crippen LogP contribution in [-0.2, 0) is 11.3 Å². The molecule has 3 N–H and O–H groups in total. The Kier molecular flexibility index (Phi) is 8.51. The van der Waals surface area contributed by atoms with Gasteiger partial charge < -0.3 is 25.4 Å². The summed E-state index contributed by atoms with van der Waals surface area (Å²) >= 11 is 6.43. The first-order valence-corrected chi connectivity index (χ1v) is 14.5. The zero-order valence-corrected chi connectivity index (χ0v) is 24.5. The van der Waals surface area contributed by atoms with Gasteiger partial charge >= 0.3 is 11.1 Å². The number of nitrogens with one attached hydrogen (secondary N) is 3. The van der Waals surface area contributed by atoms with Crippen LogP contribution in [0.3, 0.4) is 0 Å². The lowest BCUT2D eigenvalue weighted by Crippen LogP contribution is -2.52. The van der Waals surface area contributed by atoms with Crippen molar-refractivity contribution in [1.82, 2.24) is 29.7 Å². The molecule has 14 heteroatoms. The molecule has 11 nitrogen and oxygen atoms in total. The lowest BCUT2D eigenvalue weighted by molar-refractivity contribution is -0.120. The third kappa shape index (κ3) is 5.71. The van der Waals surface area contributed by atoms with Crippen LogP contribution in [0.25, 0.3) is 11.0 Å². The van der Waals surface area contributed by atoms with E-state index in [1.807, 2.05) is 0 Å². The molecule has 0 unspecified atom stereocenters. The molecule has 2 aromatic heterocycles. The van der Waals surface area contributed by atoms with Gasteiger partial charge in [-0.15, -0.1) is 0 Å². The topological polar surface area (TPSA) is 126 Å². The van der Waals surface area contributed by atoms with E-state index in [2.05, 4.69) is 25.9 Å². The summed E-state index contributed by atoms with van der Waals surface area (Å²) in [5, 5.41) is 9.21. The van der Waals surface area contributed by atoms with Gasteiger partial charge in [-0.05, 0) is 44.1 Å². The van der Waals surface area contributed by atoms with Crippen LogP contribution in [-0.4, -0.2) is 64.2 Å². The number of rotatable bonds is 7. The first-order valence-electron chi connectivity index (χ1n) is 14.1. The standard InChI is InChI=1S/C28H35ClF2N8O3/c1-16-14-37(15-17(2)28(16,30)31)27-34-13-20(29)24(36-27)35-18-4-5-21-22(12-18)38(11-8-23(40)32-3)25(41)26(42)39(21)19-6-9-33-10-7-19/h4-5,12-13,16-17,19,33H,6-11,14-15H2,1-3H3,(H,32,40)(H,34,35,36)/t16-,17+. The molecule has 0 radical (unpaired) electrons. The monoisotopic (exact) mass is 604 g/mol. The van der Waals surface area contributed by atoms with E-state index in [-0.39, 0.29) is 54.8 Å². The van der Waals surface area contributed by atoms with Gasteiger partial charge in [0.15, 0.2) is 5.82 Å². The second-order valence-corrected chi connectivity index (χ2v) is 11.5. The van der Waals surface area contributed by atoms with Gasteiger partial charge in [-0.2, -0.15) is 4.98 Å². The molecule has 2 fully saturated rings. The predicted molar refractivity (Wildman–Crippen MR) is 158 cm³/mol. The number of hydrogen-bond acceptors (Lipinski definition) is 8. The number of anilines is 3. The van der Waals surface area contributed by atoms with Crippen LogP contribution in [0.15, 0.2) is 34.0 Å². The van der Waals surface area contributed by atoms with Crippen molar-refractivity contribution in [2.24, 2.45) is 11.8 Å². The van der Waals surface area contributed by atoms with Crippen LogP contribution in [0.2, 0.25) is 5.02 Å². The maximum absolute atomic E-state index is 14.4. The first-order chi connectivity index (χ1) is 20.0. The van der Waals surface area contributed by atoms with Crippen molar-refractivity contribution in [1.29, 1.82) is 0 Å². The Bertz CT molecular complexity index is 1590. The number of alkyl halides is 2. The molecule has 0 aliphatic carbocycles. The van der Waals surface area contributed by atoms with Gasteiger partial charge in [0, 0.05) is 56.7 Å². The molecule has 3 aromatic rings. The van der Waals surface area contributed by atoms with E-state index in [1.54, 1.807) is 27.7 Å². The highest BCUT2D eigenvalue weighted by molar-refractivity contribution is 6.32. The van der Waals surface area contributed by atoms with Crippen molar-refractivity contribution in [2.45, 2.75) is 51.6 Å². The zero-order valence-electron chi connectivity index (χ0n) is 23.8. The molecule has 42 heavy (non-hydrogen) atoms. The number of carbonyl (C=O) groups is 1. The largest absolute Gasteiger partial charge is 0.359 e. The quantitative estimate of drug-likeness (QED) is 0.351. The lowest BCUT2D eigenvalue weighted by Gasteiger charge is -2.41. The summed E-state index contributed by atoms with van der Waals surface area (Å²) in [6, 6.07) is 5.11. The summed E-state index contributed by atoms with van der Waals surface area (Å²) in [7, 11) is 1.51. The highest BCUT2D eigenvalue weighted by Crippen LogP contribution is 2.39. The van der Waals surface area contributed by atoms with Crippen molar-refractivity contribution >= 4 is 46.0 Å². The Morgan fingerprint density at radius 3 is 2.48 bits per heavy atom. The zero-order chi connectivity index (χ0) is 30.2. The van der Waals surface area contributed by atoms with Crippen LogP contribution >= 0.6 is 11.6 Å². The third-order valence-corrected chi connectivity index (χ3v) is 8.54. The molecule has 2 atom stereocenters. The highest BCUT2D eigenvalue weighted by atomic mass is 35.5. The van der Waals surface area contributed by atoms with Gasteiger partial charge in [-0.1, -0.05) is 25.4 Å². The lowest BCUT2D eigenvalue weighted by atomic mass is 9.87. The second-order valence-electron chi connectivity index (χ2n) is 11.1. The first kappa shape index (κ1) is 29.9. The SMILES string of the molecule is CNC(=O)CCn1c(=O)c(=O)n(C2CCNCC2)c2ccc(Nc3nc(N4C[C@@H](C)C(F)(F)[C@@H](C)C4)ncc3Cl)cc21. The van der Waals surface area contributed by atoms with E-state index in [1.165, 1.54) is 31.7 Å². The molecular formula is C28H35ClF2N8O3. The normalized spacial score (nSPS) is 21.0. The summed E-state index contributed by atoms with van der Waals surface area (Å²) in [6.07, 6.45) is 2.85.